The highest BCUT2D eigenvalue weighted by atomic mass is 16.5. The zero-order chi connectivity index (χ0) is 9.52. The number of ether oxygens (including phenoxy) is 1. The van der Waals surface area contributed by atoms with E-state index in [-0.39, 0.29) is 0 Å². The van der Waals surface area contributed by atoms with E-state index < -0.39 is 0 Å². The maximum atomic E-state index is 5.68. The summed E-state index contributed by atoms with van der Waals surface area (Å²) in [6, 6.07) is 0.640. The van der Waals surface area contributed by atoms with Crippen molar-refractivity contribution >= 4 is 0 Å². The molecular formula is C10H22N2O. The van der Waals surface area contributed by atoms with Crippen LogP contribution in [0.3, 0.4) is 0 Å². The molecule has 1 aliphatic rings. The van der Waals surface area contributed by atoms with E-state index in [0.717, 1.165) is 32.7 Å². The van der Waals surface area contributed by atoms with Crippen LogP contribution in [0, 0.1) is 0 Å². The van der Waals surface area contributed by atoms with Crippen molar-refractivity contribution in [1.29, 1.82) is 0 Å². The van der Waals surface area contributed by atoms with Crippen LogP contribution in [0.4, 0.5) is 0 Å². The molecule has 1 saturated heterocycles. The number of nitrogens with two attached hydrogens (primary N) is 1. The first kappa shape index (κ1) is 11.0. The van der Waals surface area contributed by atoms with Gasteiger partial charge in [0.1, 0.15) is 0 Å². The molecule has 0 aromatic rings. The van der Waals surface area contributed by atoms with Crippen LogP contribution in [0.5, 0.6) is 0 Å². The molecule has 3 nitrogen and oxygen atoms in total. The van der Waals surface area contributed by atoms with E-state index in [4.69, 9.17) is 10.5 Å². The van der Waals surface area contributed by atoms with Crippen molar-refractivity contribution < 1.29 is 4.74 Å². The van der Waals surface area contributed by atoms with Crippen LogP contribution in [0.15, 0.2) is 0 Å². The van der Waals surface area contributed by atoms with Crippen molar-refractivity contribution in [3.05, 3.63) is 0 Å². The molecule has 1 unspecified atom stereocenters. The summed E-state index contributed by atoms with van der Waals surface area (Å²) >= 11 is 0. The van der Waals surface area contributed by atoms with Crippen LogP contribution in [0.1, 0.15) is 26.2 Å². The second kappa shape index (κ2) is 6.35. The van der Waals surface area contributed by atoms with Gasteiger partial charge in [0.05, 0.1) is 0 Å². The average molecular weight is 186 g/mol. The molecule has 1 heterocycles. The van der Waals surface area contributed by atoms with Crippen molar-refractivity contribution in [3.63, 3.8) is 0 Å². The Hall–Kier alpha value is -0.120. The molecule has 0 aromatic carbocycles. The number of rotatable bonds is 6. The Labute approximate surface area is 81.2 Å². The van der Waals surface area contributed by atoms with Crippen LogP contribution < -0.4 is 5.73 Å². The maximum absolute atomic E-state index is 5.68. The summed E-state index contributed by atoms with van der Waals surface area (Å²) in [5.74, 6) is 0. The summed E-state index contributed by atoms with van der Waals surface area (Å²) in [7, 11) is 0. The predicted octanol–water partition coefficient (Wildman–Crippen LogP) is 0.836. The molecular weight excluding hydrogens is 164 g/mol. The van der Waals surface area contributed by atoms with Gasteiger partial charge in [-0.05, 0) is 32.7 Å². The molecule has 0 spiro atoms. The normalized spacial score (nSPS) is 24.0. The van der Waals surface area contributed by atoms with Crippen LogP contribution in [-0.2, 0) is 4.74 Å². The first-order chi connectivity index (χ1) is 6.38. The molecule has 0 aliphatic carbocycles. The van der Waals surface area contributed by atoms with E-state index in [1.807, 2.05) is 6.92 Å². The summed E-state index contributed by atoms with van der Waals surface area (Å²) < 4.78 is 5.30. The summed E-state index contributed by atoms with van der Waals surface area (Å²) in [4.78, 5) is 2.50. The number of likely N-dealkylation sites (tertiary alicyclic amines) is 1. The van der Waals surface area contributed by atoms with Crippen LogP contribution >= 0.6 is 0 Å². The minimum atomic E-state index is 0.640. The molecule has 1 atom stereocenters. The van der Waals surface area contributed by atoms with Gasteiger partial charge in [-0.1, -0.05) is 0 Å². The Balaban J connectivity index is 2.06. The van der Waals surface area contributed by atoms with Gasteiger partial charge < -0.3 is 10.5 Å². The summed E-state index contributed by atoms with van der Waals surface area (Å²) in [5, 5.41) is 0. The molecule has 2 N–H and O–H groups in total. The number of hydrogen-bond acceptors (Lipinski definition) is 3. The third-order valence-corrected chi connectivity index (χ3v) is 2.71. The molecule has 1 aliphatic heterocycles. The van der Waals surface area contributed by atoms with Crippen molar-refractivity contribution in [3.8, 4) is 0 Å². The average Bonchev–Trinajstić information content (AvgIpc) is 2.60. The van der Waals surface area contributed by atoms with Crippen LogP contribution in [0.25, 0.3) is 0 Å². The molecule has 0 aromatic heterocycles. The van der Waals surface area contributed by atoms with E-state index in [2.05, 4.69) is 4.90 Å². The first-order valence-electron chi connectivity index (χ1n) is 5.40. The molecule has 13 heavy (non-hydrogen) atoms. The summed E-state index contributed by atoms with van der Waals surface area (Å²) in [6.07, 6.45) is 3.74. The molecule has 78 valence electrons. The third kappa shape index (κ3) is 3.63. The second-order valence-corrected chi connectivity index (χ2v) is 3.62. The first-order valence-corrected chi connectivity index (χ1v) is 5.40. The predicted molar refractivity (Wildman–Crippen MR) is 54.8 cm³/mol. The molecule has 0 amide bonds. The highest BCUT2D eigenvalue weighted by Crippen LogP contribution is 2.15. The maximum Gasteiger partial charge on any atom is 0.0478 e. The fourth-order valence-corrected chi connectivity index (χ4v) is 1.97. The SMILES string of the molecule is CCOCCCN1CCCC1CN. The van der Waals surface area contributed by atoms with Gasteiger partial charge in [-0.2, -0.15) is 0 Å². The van der Waals surface area contributed by atoms with Gasteiger partial charge in [0.2, 0.25) is 0 Å². The molecule has 0 saturated carbocycles. The van der Waals surface area contributed by atoms with Gasteiger partial charge in [0.15, 0.2) is 0 Å². The van der Waals surface area contributed by atoms with E-state index >= 15 is 0 Å². The molecule has 1 rings (SSSR count). The van der Waals surface area contributed by atoms with Crippen molar-refractivity contribution in [2.75, 3.05) is 32.8 Å². The molecule has 0 bridgehead atoms. The largest absolute Gasteiger partial charge is 0.382 e. The Morgan fingerprint density at radius 1 is 1.54 bits per heavy atom. The van der Waals surface area contributed by atoms with E-state index in [1.54, 1.807) is 0 Å². The van der Waals surface area contributed by atoms with Crippen LogP contribution in [0.2, 0.25) is 0 Å². The lowest BCUT2D eigenvalue weighted by Crippen LogP contribution is -2.36. The minimum absolute atomic E-state index is 0.640. The molecule has 0 radical (unpaired) electrons. The van der Waals surface area contributed by atoms with Gasteiger partial charge in [0.25, 0.3) is 0 Å². The third-order valence-electron chi connectivity index (χ3n) is 2.71. The lowest BCUT2D eigenvalue weighted by molar-refractivity contribution is 0.130. The lowest BCUT2D eigenvalue weighted by atomic mass is 10.2. The van der Waals surface area contributed by atoms with Crippen molar-refractivity contribution in [2.24, 2.45) is 5.73 Å². The Bertz CT molecular complexity index is 130. The quantitative estimate of drug-likeness (QED) is 0.625. The highest BCUT2D eigenvalue weighted by molar-refractivity contribution is 4.79. The number of hydrogen-bond donors (Lipinski definition) is 1. The molecule has 1 fully saturated rings. The Morgan fingerprint density at radius 3 is 3.08 bits per heavy atom. The van der Waals surface area contributed by atoms with Gasteiger partial charge in [-0.15, -0.1) is 0 Å². The second-order valence-electron chi connectivity index (χ2n) is 3.62. The monoisotopic (exact) mass is 186 g/mol. The zero-order valence-corrected chi connectivity index (χ0v) is 8.67. The van der Waals surface area contributed by atoms with E-state index in [9.17, 15) is 0 Å². The van der Waals surface area contributed by atoms with Gasteiger partial charge in [-0.25, -0.2) is 0 Å². The topological polar surface area (TPSA) is 38.5 Å². The highest BCUT2D eigenvalue weighted by Gasteiger charge is 2.21. The van der Waals surface area contributed by atoms with Crippen LogP contribution in [-0.4, -0.2) is 43.8 Å². The fraction of sp³-hybridized carbons (Fsp3) is 1.00. The van der Waals surface area contributed by atoms with Gasteiger partial charge in [-0.3, -0.25) is 4.90 Å². The molecule has 3 heteroatoms. The minimum Gasteiger partial charge on any atom is -0.382 e. The number of nitrogens with zero attached hydrogens (tertiary/aromatic N) is 1. The van der Waals surface area contributed by atoms with Gasteiger partial charge in [0, 0.05) is 32.3 Å². The lowest BCUT2D eigenvalue weighted by Gasteiger charge is -2.22. The summed E-state index contributed by atoms with van der Waals surface area (Å²) in [6.45, 7) is 6.97. The summed E-state index contributed by atoms with van der Waals surface area (Å²) in [5.41, 5.74) is 5.68. The zero-order valence-electron chi connectivity index (χ0n) is 8.67. The Kier molecular flexibility index (Phi) is 5.35. The standard InChI is InChI=1S/C10H22N2O/c1-2-13-8-4-7-12-6-3-5-10(12)9-11/h10H,2-9,11H2,1H3. The smallest absolute Gasteiger partial charge is 0.0478 e. The van der Waals surface area contributed by atoms with Gasteiger partial charge >= 0.3 is 0 Å². The van der Waals surface area contributed by atoms with E-state index in [0.29, 0.717) is 6.04 Å². The van der Waals surface area contributed by atoms with Crippen molar-refractivity contribution in [1.82, 2.24) is 4.90 Å². The Morgan fingerprint density at radius 2 is 2.38 bits per heavy atom. The van der Waals surface area contributed by atoms with E-state index in [1.165, 1.54) is 19.4 Å². The fourth-order valence-electron chi connectivity index (χ4n) is 1.97. The van der Waals surface area contributed by atoms with Crippen molar-refractivity contribution in [2.45, 2.75) is 32.2 Å².